The molecule has 2 rings (SSSR count). The van der Waals surface area contributed by atoms with Gasteiger partial charge in [-0.1, -0.05) is 24.6 Å². The molecule has 0 radical (unpaired) electrons. The molecule has 0 fully saturated rings. The van der Waals surface area contributed by atoms with Gasteiger partial charge in [-0.15, -0.1) is 0 Å². The Labute approximate surface area is 119 Å². The van der Waals surface area contributed by atoms with Crippen LogP contribution in [0.3, 0.4) is 0 Å². The van der Waals surface area contributed by atoms with Crippen molar-refractivity contribution in [3.63, 3.8) is 0 Å². The summed E-state index contributed by atoms with van der Waals surface area (Å²) in [6.45, 7) is 4.07. The van der Waals surface area contributed by atoms with E-state index in [-0.39, 0.29) is 11.9 Å². The lowest BCUT2D eigenvalue weighted by Crippen LogP contribution is -2.21. The minimum atomic E-state index is -0.159. The monoisotopic (exact) mass is 275 g/mol. The first-order valence-corrected chi connectivity index (χ1v) is 7.00. The molecule has 0 spiro atoms. The summed E-state index contributed by atoms with van der Waals surface area (Å²) >= 11 is 0. The highest BCUT2D eigenvalue weighted by atomic mass is 19.1. The molecule has 20 heavy (non-hydrogen) atoms. The van der Waals surface area contributed by atoms with E-state index in [1.807, 2.05) is 31.8 Å². The van der Waals surface area contributed by atoms with Crippen molar-refractivity contribution in [3.05, 3.63) is 52.6 Å². The Morgan fingerprint density at radius 3 is 2.70 bits per heavy atom. The van der Waals surface area contributed by atoms with Crippen LogP contribution >= 0.6 is 0 Å². The van der Waals surface area contributed by atoms with E-state index in [1.165, 1.54) is 6.07 Å². The van der Waals surface area contributed by atoms with E-state index in [1.54, 1.807) is 6.07 Å². The van der Waals surface area contributed by atoms with Crippen molar-refractivity contribution in [2.75, 3.05) is 7.05 Å². The predicted octanol–water partition coefficient (Wildman–Crippen LogP) is 2.93. The highest BCUT2D eigenvalue weighted by molar-refractivity contribution is 5.28. The topological polar surface area (TPSA) is 29.9 Å². The summed E-state index contributed by atoms with van der Waals surface area (Å²) in [7, 11) is 3.80. The Kier molecular flexibility index (Phi) is 4.55. The Morgan fingerprint density at radius 2 is 2.10 bits per heavy atom. The first kappa shape index (κ1) is 14.7. The number of hydrogen-bond acceptors (Lipinski definition) is 2. The normalized spacial score (nSPS) is 12.7. The third kappa shape index (κ3) is 3.07. The number of benzene rings is 1. The smallest absolute Gasteiger partial charge is 0.128 e. The van der Waals surface area contributed by atoms with E-state index < -0.39 is 0 Å². The molecule has 0 saturated carbocycles. The lowest BCUT2D eigenvalue weighted by atomic mass is 9.99. The summed E-state index contributed by atoms with van der Waals surface area (Å²) in [4.78, 5) is 0. The highest BCUT2D eigenvalue weighted by Crippen LogP contribution is 2.22. The van der Waals surface area contributed by atoms with Crippen molar-refractivity contribution in [2.45, 2.75) is 32.7 Å². The van der Waals surface area contributed by atoms with Crippen LogP contribution in [-0.2, 0) is 19.9 Å². The van der Waals surface area contributed by atoms with Crippen LogP contribution < -0.4 is 5.32 Å². The van der Waals surface area contributed by atoms with Gasteiger partial charge in [-0.3, -0.25) is 4.68 Å². The second kappa shape index (κ2) is 6.18. The molecule has 1 atom stereocenters. The first-order chi connectivity index (χ1) is 9.55. The molecule has 1 N–H and O–H groups in total. The van der Waals surface area contributed by atoms with Gasteiger partial charge in [-0.05, 0) is 32.5 Å². The molecule has 0 amide bonds. The second-order valence-electron chi connectivity index (χ2n) is 5.17. The number of halogens is 1. The maximum absolute atomic E-state index is 14.0. The summed E-state index contributed by atoms with van der Waals surface area (Å²) in [5.74, 6) is -0.159. The van der Waals surface area contributed by atoms with Gasteiger partial charge in [0.05, 0.1) is 5.69 Å². The molecule has 108 valence electrons. The van der Waals surface area contributed by atoms with Crippen LogP contribution in [0.5, 0.6) is 0 Å². The molecule has 0 aliphatic heterocycles. The van der Waals surface area contributed by atoms with Crippen LogP contribution in [0.25, 0.3) is 0 Å². The molecular weight excluding hydrogens is 253 g/mol. The predicted molar refractivity (Wildman–Crippen MR) is 79.2 cm³/mol. The highest BCUT2D eigenvalue weighted by Gasteiger charge is 2.17. The van der Waals surface area contributed by atoms with Crippen LogP contribution in [0.4, 0.5) is 4.39 Å². The zero-order chi connectivity index (χ0) is 14.7. The van der Waals surface area contributed by atoms with Crippen molar-refractivity contribution in [1.29, 1.82) is 0 Å². The van der Waals surface area contributed by atoms with Crippen molar-refractivity contribution in [3.8, 4) is 0 Å². The summed E-state index contributed by atoms with van der Waals surface area (Å²) in [5, 5.41) is 7.65. The SMILES string of the molecule is CCc1cc(CC(NC)c2cc(C)ccc2F)n(C)n1. The molecule has 0 aliphatic carbocycles. The van der Waals surface area contributed by atoms with Crippen LogP contribution in [-0.4, -0.2) is 16.8 Å². The average Bonchev–Trinajstić information content (AvgIpc) is 2.79. The second-order valence-corrected chi connectivity index (χ2v) is 5.17. The van der Waals surface area contributed by atoms with Crippen molar-refractivity contribution in [2.24, 2.45) is 7.05 Å². The fourth-order valence-corrected chi connectivity index (χ4v) is 2.44. The summed E-state index contributed by atoms with van der Waals surface area (Å²) in [6.07, 6.45) is 1.64. The minimum absolute atomic E-state index is 0.0463. The summed E-state index contributed by atoms with van der Waals surface area (Å²) in [5.41, 5.74) is 3.97. The Bertz CT molecular complexity index is 589. The molecule has 3 nitrogen and oxygen atoms in total. The van der Waals surface area contributed by atoms with Gasteiger partial charge in [-0.2, -0.15) is 5.10 Å². The van der Waals surface area contributed by atoms with Gasteiger partial charge in [-0.25, -0.2) is 4.39 Å². The Morgan fingerprint density at radius 1 is 1.35 bits per heavy atom. The molecular formula is C16H22FN3. The molecule has 0 aliphatic rings. The average molecular weight is 275 g/mol. The molecule has 0 saturated heterocycles. The van der Waals surface area contributed by atoms with E-state index in [4.69, 9.17) is 0 Å². The molecule has 1 heterocycles. The first-order valence-electron chi connectivity index (χ1n) is 7.00. The molecule has 0 bridgehead atoms. The van der Waals surface area contributed by atoms with Gasteiger partial charge in [0.25, 0.3) is 0 Å². The van der Waals surface area contributed by atoms with E-state index in [9.17, 15) is 4.39 Å². The number of nitrogens with one attached hydrogen (secondary N) is 1. The number of aryl methyl sites for hydroxylation is 3. The third-order valence-corrected chi connectivity index (χ3v) is 3.68. The number of rotatable bonds is 5. The van der Waals surface area contributed by atoms with Gasteiger partial charge in [0.1, 0.15) is 5.82 Å². The van der Waals surface area contributed by atoms with E-state index >= 15 is 0 Å². The van der Waals surface area contributed by atoms with E-state index in [0.717, 1.165) is 29.8 Å². The zero-order valence-corrected chi connectivity index (χ0v) is 12.6. The molecule has 1 aromatic heterocycles. The van der Waals surface area contributed by atoms with E-state index in [0.29, 0.717) is 5.56 Å². The van der Waals surface area contributed by atoms with Crippen LogP contribution in [0.2, 0.25) is 0 Å². The maximum Gasteiger partial charge on any atom is 0.128 e. The lowest BCUT2D eigenvalue weighted by Gasteiger charge is -2.18. The number of aromatic nitrogens is 2. The quantitative estimate of drug-likeness (QED) is 0.909. The minimum Gasteiger partial charge on any atom is -0.313 e. The Balaban J connectivity index is 2.28. The largest absolute Gasteiger partial charge is 0.313 e. The standard InChI is InChI=1S/C16H22FN3/c1-5-12-9-13(20(4)19-12)10-16(18-3)14-8-11(2)6-7-15(14)17/h6-9,16,18H,5,10H2,1-4H3. The summed E-state index contributed by atoms with van der Waals surface area (Å²) < 4.78 is 15.9. The van der Waals surface area contributed by atoms with Gasteiger partial charge in [0.2, 0.25) is 0 Å². The van der Waals surface area contributed by atoms with E-state index in [2.05, 4.69) is 23.4 Å². The molecule has 1 unspecified atom stereocenters. The van der Waals surface area contributed by atoms with Gasteiger partial charge in [0, 0.05) is 30.8 Å². The molecule has 2 aromatic rings. The number of hydrogen-bond donors (Lipinski definition) is 1. The van der Waals surface area contributed by atoms with Crippen molar-refractivity contribution < 1.29 is 4.39 Å². The van der Waals surface area contributed by atoms with Crippen LogP contribution in [0.15, 0.2) is 24.3 Å². The summed E-state index contributed by atoms with van der Waals surface area (Å²) in [6, 6.07) is 7.29. The lowest BCUT2D eigenvalue weighted by molar-refractivity contribution is 0.519. The fraction of sp³-hybridized carbons (Fsp3) is 0.438. The number of likely N-dealkylation sites (N-methyl/N-ethyl adjacent to an activating group) is 1. The Hall–Kier alpha value is -1.68. The zero-order valence-electron chi connectivity index (χ0n) is 12.6. The van der Waals surface area contributed by atoms with Crippen LogP contribution in [0, 0.1) is 12.7 Å². The number of nitrogens with zero attached hydrogens (tertiary/aromatic N) is 2. The van der Waals surface area contributed by atoms with Crippen LogP contribution in [0.1, 0.15) is 35.5 Å². The molecule has 4 heteroatoms. The fourth-order valence-electron chi connectivity index (χ4n) is 2.44. The van der Waals surface area contributed by atoms with Gasteiger partial charge < -0.3 is 5.32 Å². The van der Waals surface area contributed by atoms with Gasteiger partial charge >= 0.3 is 0 Å². The maximum atomic E-state index is 14.0. The van der Waals surface area contributed by atoms with Crippen molar-refractivity contribution >= 4 is 0 Å². The third-order valence-electron chi connectivity index (χ3n) is 3.68. The van der Waals surface area contributed by atoms with Gasteiger partial charge in [0.15, 0.2) is 0 Å². The van der Waals surface area contributed by atoms with Crippen molar-refractivity contribution in [1.82, 2.24) is 15.1 Å². The molecule has 1 aromatic carbocycles.